The van der Waals surface area contributed by atoms with Crippen molar-refractivity contribution in [1.29, 1.82) is 0 Å². The topological polar surface area (TPSA) is 52.6 Å². The molecule has 0 unspecified atom stereocenters. The van der Waals surface area contributed by atoms with E-state index in [0.717, 1.165) is 16.9 Å². The van der Waals surface area contributed by atoms with E-state index in [-0.39, 0.29) is 24.0 Å². The van der Waals surface area contributed by atoms with Crippen molar-refractivity contribution < 1.29 is 8.78 Å². The van der Waals surface area contributed by atoms with Gasteiger partial charge in [-0.15, -0.1) is 35.3 Å². The number of guanidine groups is 1. The van der Waals surface area contributed by atoms with Crippen LogP contribution in [0.5, 0.6) is 0 Å². The van der Waals surface area contributed by atoms with Crippen molar-refractivity contribution in [3.63, 3.8) is 0 Å². The molecule has 0 atom stereocenters. The minimum atomic E-state index is -0.821. The molecule has 2 rings (SSSR count). The highest BCUT2D eigenvalue weighted by Crippen LogP contribution is 2.18. The second-order valence-electron chi connectivity index (χ2n) is 5.60. The van der Waals surface area contributed by atoms with Gasteiger partial charge in [-0.3, -0.25) is 0 Å². The molecule has 0 fully saturated rings. The molecule has 0 aliphatic rings. The predicted molar refractivity (Wildman–Crippen MR) is 115 cm³/mol. The van der Waals surface area contributed by atoms with Crippen molar-refractivity contribution in [2.45, 2.75) is 19.9 Å². The number of thiazole rings is 1. The van der Waals surface area contributed by atoms with Gasteiger partial charge in [0.1, 0.15) is 0 Å². The van der Waals surface area contributed by atoms with Crippen LogP contribution in [0.3, 0.4) is 0 Å². The molecule has 0 radical (unpaired) electrons. The fraction of sp³-hybridized carbons (Fsp3) is 0.412. The fourth-order valence-corrected chi connectivity index (χ4v) is 2.88. The number of nitrogens with one attached hydrogen (secondary N) is 2. The Kier molecular flexibility index (Phi) is 9.78. The Labute approximate surface area is 173 Å². The summed E-state index contributed by atoms with van der Waals surface area (Å²) in [5.41, 5.74) is 1.24. The van der Waals surface area contributed by atoms with Crippen molar-refractivity contribution >= 4 is 46.4 Å². The number of rotatable bonds is 7. The van der Waals surface area contributed by atoms with Gasteiger partial charge in [0.2, 0.25) is 0 Å². The molecule has 2 N–H and O–H groups in total. The summed E-state index contributed by atoms with van der Waals surface area (Å²) in [4.78, 5) is 10.9. The summed E-state index contributed by atoms with van der Waals surface area (Å²) >= 11 is 1.57. The molecule has 0 aliphatic carbocycles. The van der Waals surface area contributed by atoms with Crippen LogP contribution in [0, 0.1) is 11.6 Å². The van der Waals surface area contributed by atoms with E-state index < -0.39 is 11.6 Å². The van der Waals surface area contributed by atoms with Gasteiger partial charge in [-0.05, 0) is 25.0 Å². The monoisotopic (exact) mass is 495 g/mol. The number of aromatic nitrogens is 1. The first-order chi connectivity index (χ1) is 12.0. The average molecular weight is 495 g/mol. The average Bonchev–Trinajstić information content (AvgIpc) is 3.06. The minimum Gasteiger partial charge on any atom is -0.357 e. The maximum absolute atomic E-state index is 13.7. The zero-order valence-corrected chi connectivity index (χ0v) is 18.2. The van der Waals surface area contributed by atoms with Gasteiger partial charge in [0, 0.05) is 32.6 Å². The third kappa shape index (κ3) is 6.67. The molecule has 2 aromatic rings. The second kappa shape index (κ2) is 11.3. The van der Waals surface area contributed by atoms with E-state index in [2.05, 4.69) is 20.6 Å². The van der Waals surface area contributed by atoms with E-state index in [0.29, 0.717) is 37.6 Å². The standard InChI is InChI=1S/C17H23F2N5S.HI/c1-4-20-16(22-10-13-11-25-17(23-13)24(2)3)21-9-8-12-6-5-7-14(18)15(12)19;/h5-7,11H,4,8-10H2,1-3H3,(H2,20,21,22);1H. The number of benzene rings is 1. The summed E-state index contributed by atoms with van der Waals surface area (Å²) in [6.07, 6.45) is 0.371. The molecule has 1 heterocycles. The number of hydrogen-bond donors (Lipinski definition) is 2. The maximum Gasteiger partial charge on any atom is 0.191 e. The van der Waals surface area contributed by atoms with Crippen molar-refractivity contribution in [2.24, 2.45) is 4.99 Å². The SMILES string of the molecule is CCNC(=NCc1csc(N(C)C)n1)NCCc1cccc(F)c1F.I. The van der Waals surface area contributed by atoms with Crippen LogP contribution in [0.1, 0.15) is 18.2 Å². The third-order valence-electron chi connectivity index (χ3n) is 3.38. The molecule has 1 aromatic carbocycles. The fourth-order valence-electron chi connectivity index (χ4n) is 2.13. The molecule has 0 amide bonds. The summed E-state index contributed by atoms with van der Waals surface area (Å²) in [6, 6.07) is 4.22. The lowest BCUT2D eigenvalue weighted by Gasteiger charge is -2.11. The predicted octanol–water partition coefficient (Wildman–Crippen LogP) is 3.40. The molecule has 5 nitrogen and oxygen atoms in total. The highest BCUT2D eigenvalue weighted by molar-refractivity contribution is 14.0. The third-order valence-corrected chi connectivity index (χ3v) is 4.44. The van der Waals surface area contributed by atoms with Crippen LogP contribution in [0.25, 0.3) is 0 Å². The Bertz CT molecular complexity index is 721. The van der Waals surface area contributed by atoms with Gasteiger partial charge >= 0.3 is 0 Å². The Hall–Kier alpha value is -1.49. The number of nitrogens with zero attached hydrogens (tertiary/aromatic N) is 3. The van der Waals surface area contributed by atoms with Gasteiger partial charge in [0.15, 0.2) is 22.7 Å². The number of anilines is 1. The van der Waals surface area contributed by atoms with E-state index >= 15 is 0 Å². The molecular weight excluding hydrogens is 471 g/mol. The molecule has 144 valence electrons. The Morgan fingerprint density at radius 1 is 1.27 bits per heavy atom. The molecule has 0 aliphatic heterocycles. The van der Waals surface area contributed by atoms with Crippen molar-refractivity contribution in [3.05, 3.63) is 46.5 Å². The molecule has 0 spiro atoms. The number of hydrogen-bond acceptors (Lipinski definition) is 4. The lowest BCUT2D eigenvalue weighted by Crippen LogP contribution is -2.38. The molecular formula is C17H24F2IN5S. The Morgan fingerprint density at radius 2 is 2.04 bits per heavy atom. The van der Waals surface area contributed by atoms with Crippen LogP contribution in [0.15, 0.2) is 28.6 Å². The van der Waals surface area contributed by atoms with Gasteiger partial charge in [-0.2, -0.15) is 0 Å². The minimum absolute atomic E-state index is 0. The van der Waals surface area contributed by atoms with E-state index in [1.807, 2.05) is 31.3 Å². The van der Waals surface area contributed by atoms with Crippen molar-refractivity contribution in [1.82, 2.24) is 15.6 Å². The van der Waals surface area contributed by atoms with E-state index in [9.17, 15) is 8.78 Å². The summed E-state index contributed by atoms with van der Waals surface area (Å²) in [6.45, 7) is 3.58. The highest BCUT2D eigenvalue weighted by Gasteiger charge is 2.08. The van der Waals surface area contributed by atoms with Gasteiger partial charge in [0.25, 0.3) is 0 Å². The molecule has 0 bridgehead atoms. The Morgan fingerprint density at radius 3 is 2.69 bits per heavy atom. The zero-order valence-electron chi connectivity index (χ0n) is 15.1. The summed E-state index contributed by atoms with van der Waals surface area (Å²) in [7, 11) is 3.89. The smallest absolute Gasteiger partial charge is 0.191 e. The van der Waals surface area contributed by atoms with E-state index in [1.165, 1.54) is 6.07 Å². The normalized spacial score (nSPS) is 11.0. The van der Waals surface area contributed by atoms with E-state index in [4.69, 9.17) is 0 Å². The van der Waals surface area contributed by atoms with Crippen LogP contribution >= 0.6 is 35.3 Å². The summed E-state index contributed by atoms with van der Waals surface area (Å²) in [5.74, 6) is -0.984. The molecule has 0 saturated carbocycles. The first-order valence-corrected chi connectivity index (χ1v) is 8.96. The molecule has 26 heavy (non-hydrogen) atoms. The number of aliphatic imine (C=N–C) groups is 1. The van der Waals surface area contributed by atoms with Crippen molar-refractivity contribution in [3.8, 4) is 0 Å². The summed E-state index contributed by atoms with van der Waals surface area (Å²) < 4.78 is 26.9. The zero-order chi connectivity index (χ0) is 18.2. The number of halogens is 3. The quantitative estimate of drug-likeness (QED) is 0.352. The summed E-state index contributed by atoms with van der Waals surface area (Å²) in [5, 5.41) is 9.17. The van der Waals surface area contributed by atoms with Crippen LogP contribution in [-0.2, 0) is 13.0 Å². The van der Waals surface area contributed by atoms with Gasteiger partial charge < -0.3 is 15.5 Å². The maximum atomic E-state index is 13.7. The van der Waals surface area contributed by atoms with Gasteiger partial charge in [-0.25, -0.2) is 18.8 Å². The lowest BCUT2D eigenvalue weighted by molar-refractivity contribution is 0.498. The molecule has 1 aromatic heterocycles. The molecule has 0 saturated heterocycles. The van der Waals surface area contributed by atoms with Crippen LogP contribution in [-0.4, -0.2) is 38.1 Å². The van der Waals surface area contributed by atoms with Crippen LogP contribution < -0.4 is 15.5 Å². The van der Waals surface area contributed by atoms with Gasteiger partial charge in [0.05, 0.1) is 12.2 Å². The van der Waals surface area contributed by atoms with E-state index in [1.54, 1.807) is 17.4 Å². The molecule has 9 heteroatoms. The lowest BCUT2D eigenvalue weighted by atomic mass is 10.1. The van der Waals surface area contributed by atoms with Crippen molar-refractivity contribution in [2.75, 3.05) is 32.1 Å². The largest absolute Gasteiger partial charge is 0.357 e. The van der Waals surface area contributed by atoms with Crippen LogP contribution in [0.4, 0.5) is 13.9 Å². The first kappa shape index (κ1) is 22.6. The first-order valence-electron chi connectivity index (χ1n) is 8.08. The highest BCUT2D eigenvalue weighted by atomic mass is 127. The second-order valence-corrected chi connectivity index (χ2v) is 6.44. The Balaban J connectivity index is 0.00000338. The van der Waals surface area contributed by atoms with Gasteiger partial charge in [-0.1, -0.05) is 12.1 Å². The van der Waals surface area contributed by atoms with Crippen LogP contribution in [0.2, 0.25) is 0 Å².